The number of carbonyl (C=O) groups is 1. The maximum Gasteiger partial charge on any atom is 0.225 e. The molecule has 0 heterocycles. The minimum atomic E-state index is -0.427. The number of amides is 1. The Kier molecular flexibility index (Phi) is 2.35. The molecule has 0 aromatic rings. The molecular weight excluding hydrogens is 84.0 g/mol. The van der Waals surface area contributed by atoms with E-state index in [9.17, 15) is 4.79 Å². The number of hydrogen-bond acceptors (Lipinski definition) is 3. The average molecular weight is 90.1 g/mol. The van der Waals surface area contributed by atoms with Crippen LogP contribution < -0.4 is 5.84 Å². The van der Waals surface area contributed by atoms with Crippen LogP contribution in [0.4, 0.5) is 0 Å². The molecule has 0 unspecified atom stereocenters. The number of rotatable bonds is 2. The Morgan fingerprint density at radius 2 is 2.50 bits per heavy atom. The maximum atomic E-state index is 9.38. The van der Waals surface area contributed by atoms with Crippen LogP contribution in [-0.4, -0.2) is 23.3 Å². The van der Waals surface area contributed by atoms with E-state index in [1.807, 2.05) is 0 Å². The molecule has 0 fully saturated rings. The summed E-state index contributed by atoms with van der Waals surface area (Å²) in [6.07, 6.45) is 0.333. The second-order valence-corrected chi connectivity index (χ2v) is 0.761. The van der Waals surface area contributed by atoms with Crippen LogP contribution in [0.5, 0.6) is 0 Å². The topological polar surface area (TPSA) is 66.6 Å². The second-order valence-electron chi connectivity index (χ2n) is 0.761. The van der Waals surface area contributed by atoms with Crippen molar-refractivity contribution in [3.8, 4) is 0 Å². The standard InChI is InChI=1S/C2H6N2O2/c3-4(1-5)2-6/h1,6H,2-3H2. The van der Waals surface area contributed by atoms with E-state index in [0.717, 1.165) is 0 Å². The SMILES string of the molecule is NN(C=O)CO. The molecule has 0 aliphatic carbocycles. The monoisotopic (exact) mass is 90.0 g/mol. The molecule has 0 bridgehead atoms. The normalized spacial score (nSPS) is 7.67. The van der Waals surface area contributed by atoms with Crippen LogP contribution >= 0.6 is 0 Å². The Morgan fingerprint density at radius 1 is 2.00 bits per heavy atom. The van der Waals surface area contributed by atoms with Crippen molar-refractivity contribution in [3.05, 3.63) is 0 Å². The van der Waals surface area contributed by atoms with Gasteiger partial charge in [-0.2, -0.15) is 0 Å². The van der Waals surface area contributed by atoms with Gasteiger partial charge in [-0.1, -0.05) is 0 Å². The highest BCUT2D eigenvalue weighted by Crippen LogP contribution is 1.55. The number of nitrogens with zero attached hydrogens (tertiary/aromatic N) is 1. The Bertz CT molecular complexity index is 46.8. The van der Waals surface area contributed by atoms with Gasteiger partial charge in [0.15, 0.2) is 0 Å². The van der Waals surface area contributed by atoms with Crippen molar-refractivity contribution in [1.29, 1.82) is 0 Å². The summed E-state index contributed by atoms with van der Waals surface area (Å²) in [5, 5.41) is 8.53. The third kappa shape index (κ3) is 1.68. The van der Waals surface area contributed by atoms with Gasteiger partial charge in [0.05, 0.1) is 0 Å². The number of hydrogen-bond donors (Lipinski definition) is 2. The summed E-state index contributed by atoms with van der Waals surface area (Å²) in [7, 11) is 0. The zero-order valence-corrected chi connectivity index (χ0v) is 3.16. The zero-order chi connectivity index (χ0) is 4.99. The summed E-state index contributed by atoms with van der Waals surface area (Å²) in [6, 6.07) is 0. The highest BCUT2D eigenvalue weighted by molar-refractivity contribution is 5.45. The molecule has 0 radical (unpaired) electrons. The highest BCUT2D eigenvalue weighted by atomic mass is 16.3. The summed E-state index contributed by atoms with van der Waals surface area (Å²) in [4.78, 5) is 9.38. The molecule has 0 aromatic carbocycles. The molecule has 4 heteroatoms. The van der Waals surface area contributed by atoms with Crippen molar-refractivity contribution in [2.24, 2.45) is 5.84 Å². The van der Waals surface area contributed by atoms with Gasteiger partial charge < -0.3 is 5.11 Å². The summed E-state index contributed by atoms with van der Waals surface area (Å²) in [5.41, 5.74) is 0. The Labute approximate surface area is 35.1 Å². The third-order valence-corrected chi connectivity index (χ3v) is 0.299. The third-order valence-electron chi connectivity index (χ3n) is 0.299. The Balaban J connectivity index is 2.96. The fraction of sp³-hybridized carbons (Fsp3) is 0.500. The summed E-state index contributed by atoms with van der Waals surface area (Å²) >= 11 is 0. The van der Waals surface area contributed by atoms with E-state index in [4.69, 9.17) is 5.11 Å². The molecule has 0 aliphatic rings. The lowest BCUT2D eigenvalue weighted by Gasteiger charge is -2.00. The molecular formula is C2H6N2O2. The number of hydrazine groups is 1. The van der Waals surface area contributed by atoms with E-state index in [1.54, 1.807) is 0 Å². The van der Waals surface area contributed by atoms with Crippen molar-refractivity contribution in [3.63, 3.8) is 0 Å². The van der Waals surface area contributed by atoms with Crippen molar-refractivity contribution in [2.45, 2.75) is 0 Å². The van der Waals surface area contributed by atoms with Gasteiger partial charge in [0.1, 0.15) is 6.73 Å². The summed E-state index contributed by atoms with van der Waals surface area (Å²) < 4.78 is 0. The van der Waals surface area contributed by atoms with E-state index in [0.29, 0.717) is 11.4 Å². The van der Waals surface area contributed by atoms with E-state index in [-0.39, 0.29) is 0 Å². The first kappa shape index (κ1) is 5.39. The van der Waals surface area contributed by atoms with Crippen LogP contribution in [0.25, 0.3) is 0 Å². The van der Waals surface area contributed by atoms with Gasteiger partial charge >= 0.3 is 0 Å². The smallest absolute Gasteiger partial charge is 0.225 e. The zero-order valence-electron chi connectivity index (χ0n) is 3.16. The van der Waals surface area contributed by atoms with E-state index in [1.165, 1.54) is 0 Å². The minimum Gasteiger partial charge on any atom is -0.375 e. The van der Waals surface area contributed by atoms with Crippen LogP contribution in [0.15, 0.2) is 0 Å². The van der Waals surface area contributed by atoms with E-state index < -0.39 is 6.73 Å². The first-order valence-electron chi connectivity index (χ1n) is 1.38. The van der Waals surface area contributed by atoms with E-state index in [2.05, 4.69) is 5.84 Å². The van der Waals surface area contributed by atoms with Crippen molar-refractivity contribution >= 4 is 6.41 Å². The molecule has 0 aliphatic heterocycles. The molecule has 1 amide bonds. The number of nitrogens with two attached hydrogens (primary N) is 1. The second kappa shape index (κ2) is 2.62. The van der Waals surface area contributed by atoms with Gasteiger partial charge in [0.25, 0.3) is 0 Å². The molecule has 36 valence electrons. The van der Waals surface area contributed by atoms with Crippen LogP contribution in [0, 0.1) is 0 Å². The van der Waals surface area contributed by atoms with Crippen molar-refractivity contribution in [2.75, 3.05) is 6.73 Å². The molecule has 3 N–H and O–H groups in total. The largest absolute Gasteiger partial charge is 0.375 e. The van der Waals surface area contributed by atoms with Crippen LogP contribution in [0.3, 0.4) is 0 Å². The summed E-state index contributed by atoms with van der Waals surface area (Å²) in [6.45, 7) is -0.427. The average Bonchev–Trinajstić information content (AvgIpc) is 1.65. The lowest BCUT2D eigenvalue weighted by molar-refractivity contribution is -0.121. The molecule has 4 nitrogen and oxygen atoms in total. The lowest BCUT2D eigenvalue weighted by atomic mass is 11.1. The predicted octanol–water partition coefficient (Wildman–Crippen LogP) is -1.73. The molecule has 0 saturated heterocycles. The first-order valence-corrected chi connectivity index (χ1v) is 1.38. The predicted molar refractivity (Wildman–Crippen MR) is 19.2 cm³/mol. The highest BCUT2D eigenvalue weighted by Gasteiger charge is 1.81. The van der Waals surface area contributed by atoms with Gasteiger partial charge in [-0.3, -0.25) is 9.80 Å². The molecule has 0 rings (SSSR count). The molecule has 0 saturated carbocycles. The first-order chi connectivity index (χ1) is 2.81. The number of aliphatic hydroxyl groups is 1. The van der Waals surface area contributed by atoms with Crippen molar-refractivity contribution < 1.29 is 9.90 Å². The quantitative estimate of drug-likeness (QED) is 0.139. The van der Waals surface area contributed by atoms with Gasteiger partial charge in [-0.15, -0.1) is 0 Å². The minimum absolute atomic E-state index is 0.333. The number of aliphatic hydroxyl groups excluding tert-OH is 1. The lowest BCUT2D eigenvalue weighted by Crippen LogP contribution is -2.29. The maximum absolute atomic E-state index is 9.38. The fourth-order valence-corrected chi connectivity index (χ4v) is 0.0333. The Hall–Kier alpha value is -0.610. The molecule has 0 spiro atoms. The van der Waals surface area contributed by atoms with Crippen LogP contribution in [-0.2, 0) is 4.79 Å². The van der Waals surface area contributed by atoms with E-state index >= 15 is 0 Å². The molecule has 0 aromatic heterocycles. The molecule has 6 heavy (non-hydrogen) atoms. The van der Waals surface area contributed by atoms with Gasteiger partial charge in [0.2, 0.25) is 6.41 Å². The van der Waals surface area contributed by atoms with Gasteiger partial charge in [0, 0.05) is 0 Å². The van der Waals surface area contributed by atoms with Gasteiger partial charge in [-0.25, -0.2) is 5.84 Å². The Morgan fingerprint density at radius 3 is 2.50 bits per heavy atom. The number of carbonyl (C=O) groups excluding carboxylic acids is 1. The van der Waals surface area contributed by atoms with Crippen molar-refractivity contribution in [1.82, 2.24) is 5.01 Å². The molecule has 0 atom stereocenters. The van der Waals surface area contributed by atoms with Gasteiger partial charge in [-0.05, 0) is 0 Å². The fourth-order valence-electron chi connectivity index (χ4n) is 0.0333. The van der Waals surface area contributed by atoms with Crippen LogP contribution in [0.2, 0.25) is 0 Å². The summed E-state index contributed by atoms with van der Waals surface area (Å²) in [5.74, 6) is 4.69. The van der Waals surface area contributed by atoms with Crippen LogP contribution in [0.1, 0.15) is 0 Å².